The SMILES string of the molecule is CCOc1cc(OC)ccc1CNCC(=O)N1CCC[C@H](c2cccc(C(=O)N[C@@H](C(=O)N3CCC(CN4CCN(CC(=O)N5CCN(C(=O)c6cc(Cc7n[nH]c(=O)c8ccccc78)ccc6F)CC5)CC4)CC3)C3CCCCC3)c2)C1. The predicted octanol–water partition coefficient (Wildman–Crippen LogP) is 6.08. The third-order valence-corrected chi connectivity index (χ3v) is 17.8. The molecule has 4 aliphatic heterocycles. The minimum atomic E-state index is -0.610. The number of hydrogen-bond donors (Lipinski definition) is 3. The fourth-order valence-corrected chi connectivity index (χ4v) is 13.0. The van der Waals surface area contributed by atoms with Gasteiger partial charge in [-0.15, -0.1) is 0 Å². The Labute approximate surface area is 486 Å². The Balaban J connectivity index is 0.650. The normalized spacial score (nSPS) is 19.1. The molecule has 83 heavy (non-hydrogen) atoms. The van der Waals surface area contributed by atoms with E-state index >= 15 is 4.39 Å². The van der Waals surface area contributed by atoms with Crippen LogP contribution in [0.2, 0.25) is 0 Å². The molecule has 5 aliphatic rings. The smallest absolute Gasteiger partial charge is 0.272 e. The molecule has 10 rings (SSSR count). The number of fused-ring (bicyclic) bond motifs is 1. The second-order valence-corrected chi connectivity index (χ2v) is 23.2. The number of rotatable bonds is 19. The van der Waals surface area contributed by atoms with E-state index in [1.807, 2.05) is 71.3 Å². The maximum absolute atomic E-state index is 15.2. The Kier molecular flexibility index (Phi) is 19.8. The lowest BCUT2D eigenvalue weighted by Gasteiger charge is -2.41. The Bertz CT molecular complexity index is 3140. The molecule has 5 aromatic rings. The molecule has 442 valence electrons. The van der Waals surface area contributed by atoms with E-state index in [0.717, 1.165) is 107 Å². The zero-order valence-corrected chi connectivity index (χ0v) is 48.3. The summed E-state index contributed by atoms with van der Waals surface area (Å²) >= 11 is 0. The molecule has 5 heterocycles. The molecule has 1 saturated carbocycles. The minimum absolute atomic E-state index is 0.0218. The van der Waals surface area contributed by atoms with E-state index in [-0.39, 0.29) is 53.1 Å². The first-order valence-corrected chi connectivity index (χ1v) is 30.2. The van der Waals surface area contributed by atoms with Crippen LogP contribution in [-0.2, 0) is 27.3 Å². The number of carbonyl (C=O) groups excluding carboxylic acids is 5. The Morgan fingerprint density at radius 2 is 1.47 bits per heavy atom. The summed E-state index contributed by atoms with van der Waals surface area (Å²) in [5.41, 5.74) is 3.51. The number of likely N-dealkylation sites (tertiary alicyclic amines) is 2. The molecule has 4 aromatic carbocycles. The predicted molar refractivity (Wildman–Crippen MR) is 315 cm³/mol. The van der Waals surface area contributed by atoms with Crippen LogP contribution in [0, 0.1) is 17.7 Å². The lowest BCUT2D eigenvalue weighted by Crippen LogP contribution is -2.55. The highest BCUT2D eigenvalue weighted by atomic mass is 19.1. The molecule has 0 unspecified atom stereocenters. The molecule has 1 aromatic heterocycles. The summed E-state index contributed by atoms with van der Waals surface area (Å²) in [6, 6.07) is 24.5. The van der Waals surface area contributed by atoms with Gasteiger partial charge in [-0.3, -0.25) is 33.7 Å². The fourth-order valence-electron chi connectivity index (χ4n) is 13.0. The number of hydrogen-bond acceptors (Lipinski definition) is 12. The number of amides is 5. The van der Waals surface area contributed by atoms with Gasteiger partial charge < -0.3 is 44.6 Å². The van der Waals surface area contributed by atoms with Crippen molar-refractivity contribution in [2.75, 3.05) is 112 Å². The topological polar surface area (TPSA) is 193 Å². The van der Waals surface area contributed by atoms with Gasteiger partial charge in [-0.05, 0) is 105 Å². The summed E-state index contributed by atoms with van der Waals surface area (Å²) in [4.78, 5) is 93.7. The van der Waals surface area contributed by atoms with Crippen molar-refractivity contribution in [1.29, 1.82) is 0 Å². The number of benzene rings is 4. The second-order valence-electron chi connectivity index (χ2n) is 23.2. The number of piperidine rings is 2. The van der Waals surface area contributed by atoms with Gasteiger partial charge in [0.15, 0.2) is 0 Å². The van der Waals surface area contributed by atoms with E-state index in [9.17, 15) is 28.8 Å². The van der Waals surface area contributed by atoms with Crippen LogP contribution in [0.4, 0.5) is 4.39 Å². The molecule has 5 amide bonds. The van der Waals surface area contributed by atoms with Crippen LogP contribution >= 0.6 is 0 Å². The molecule has 1 aliphatic carbocycles. The summed E-state index contributed by atoms with van der Waals surface area (Å²) in [6.07, 6.45) is 8.93. The number of methoxy groups -OCH3 is 1. The van der Waals surface area contributed by atoms with Gasteiger partial charge >= 0.3 is 0 Å². The van der Waals surface area contributed by atoms with Crippen molar-refractivity contribution in [2.45, 2.75) is 89.6 Å². The number of carbonyl (C=O) groups is 5. The van der Waals surface area contributed by atoms with E-state index in [1.165, 1.54) is 6.07 Å². The quantitative estimate of drug-likeness (QED) is 0.0866. The zero-order chi connectivity index (χ0) is 57.8. The lowest BCUT2D eigenvalue weighted by molar-refractivity contribution is -0.137. The van der Waals surface area contributed by atoms with Crippen molar-refractivity contribution in [1.82, 2.24) is 50.2 Å². The van der Waals surface area contributed by atoms with Crippen molar-refractivity contribution in [2.24, 2.45) is 11.8 Å². The molecule has 2 atom stereocenters. The van der Waals surface area contributed by atoms with Gasteiger partial charge in [0, 0.05) is 127 Å². The molecule has 3 N–H and O–H groups in total. The molecule has 0 bridgehead atoms. The van der Waals surface area contributed by atoms with Crippen LogP contribution in [-0.4, -0.2) is 187 Å². The summed E-state index contributed by atoms with van der Waals surface area (Å²) in [5, 5.41) is 14.6. The van der Waals surface area contributed by atoms with Crippen LogP contribution in [0.5, 0.6) is 11.5 Å². The highest BCUT2D eigenvalue weighted by Crippen LogP contribution is 2.32. The zero-order valence-electron chi connectivity index (χ0n) is 48.3. The average Bonchev–Trinajstić information content (AvgIpc) is 3.61. The van der Waals surface area contributed by atoms with Gasteiger partial charge in [0.1, 0.15) is 23.4 Å². The second kappa shape index (κ2) is 27.9. The van der Waals surface area contributed by atoms with Crippen molar-refractivity contribution in [3.05, 3.63) is 135 Å². The monoisotopic (exact) mass is 1140 g/mol. The van der Waals surface area contributed by atoms with Crippen molar-refractivity contribution in [3.63, 3.8) is 0 Å². The first-order valence-electron chi connectivity index (χ1n) is 30.2. The summed E-state index contributed by atoms with van der Waals surface area (Å²) in [6.45, 7) is 11.6. The molecule has 0 spiro atoms. The van der Waals surface area contributed by atoms with E-state index in [4.69, 9.17) is 9.47 Å². The molecule has 5 fully saturated rings. The highest BCUT2D eigenvalue weighted by Gasteiger charge is 2.37. The number of nitrogens with zero attached hydrogens (tertiary/aromatic N) is 7. The third-order valence-electron chi connectivity index (χ3n) is 17.8. The highest BCUT2D eigenvalue weighted by molar-refractivity contribution is 5.98. The van der Waals surface area contributed by atoms with E-state index in [2.05, 4.69) is 30.6 Å². The van der Waals surface area contributed by atoms with Crippen LogP contribution < -0.4 is 25.7 Å². The van der Waals surface area contributed by atoms with E-state index in [0.29, 0.717) is 118 Å². The van der Waals surface area contributed by atoms with Gasteiger partial charge in [-0.1, -0.05) is 61.7 Å². The molecule has 0 radical (unpaired) electrons. The van der Waals surface area contributed by atoms with E-state index in [1.54, 1.807) is 41.2 Å². The van der Waals surface area contributed by atoms with Gasteiger partial charge in [-0.25, -0.2) is 9.49 Å². The minimum Gasteiger partial charge on any atom is -0.497 e. The molecule has 19 heteroatoms. The number of H-pyrrole nitrogens is 1. The van der Waals surface area contributed by atoms with Crippen molar-refractivity contribution >= 4 is 40.3 Å². The average molecular weight is 1140 g/mol. The summed E-state index contributed by atoms with van der Waals surface area (Å²) < 4.78 is 26.3. The molecule has 4 saturated heterocycles. The van der Waals surface area contributed by atoms with Gasteiger partial charge in [0.05, 0.1) is 43.4 Å². The van der Waals surface area contributed by atoms with Gasteiger partial charge in [-0.2, -0.15) is 5.10 Å². The summed E-state index contributed by atoms with van der Waals surface area (Å²) in [5.74, 6) is 0.887. The Morgan fingerprint density at radius 3 is 2.23 bits per heavy atom. The molecule has 18 nitrogen and oxygen atoms in total. The largest absolute Gasteiger partial charge is 0.497 e. The van der Waals surface area contributed by atoms with Gasteiger partial charge in [0.2, 0.25) is 17.7 Å². The number of piperazine rings is 2. The van der Waals surface area contributed by atoms with Crippen LogP contribution in [0.25, 0.3) is 10.8 Å². The van der Waals surface area contributed by atoms with Crippen LogP contribution in [0.3, 0.4) is 0 Å². The maximum atomic E-state index is 15.2. The third kappa shape index (κ3) is 14.8. The number of nitrogens with one attached hydrogen (secondary N) is 3. The first-order chi connectivity index (χ1) is 40.4. The number of ether oxygens (including phenoxy) is 2. The standard InChI is InChI=1S/C64H81FN10O8/c1-3-83-57-38-51(82-2)20-19-49(57)39-66-40-58(76)75-24-10-15-50(42-75)47-13-9-14-48(37-47)61(78)67-60(46-11-5-4-6-12-46)64(81)73-25-22-44(23-26-73)41-70-27-29-71(30-28-70)43-59(77)72-31-33-74(34-32-72)63(80)54-35-45(18-21-55(54)65)36-56-52-16-7-8-17-53(52)62(79)69-68-56/h7-9,13-14,16-21,35,37-38,44,46,50,60,66H,3-6,10-12,15,22-34,36,39-43H2,1-2H3,(H,67,78)(H,69,79)/t50-,60+/m0/s1. The fraction of sp³-hybridized carbons (Fsp3) is 0.516. The van der Waals surface area contributed by atoms with Crippen molar-refractivity contribution in [3.8, 4) is 11.5 Å². The molecular weight excluding hydrogens is 1060 g/mol. The van der Waals surface area contributed by atoms with Crippen LogP contribution in [0.1, 0.15) is 114 Å². The Morgan fingerprint density at radius 1 is 0.723 bits per heavy atom. The van der Waals surface area contributed by atoms with Crippen molar-refractivity contribution < 1.29 is 37.8 Å². The maximum Gasteiger partial charge on any atom is 0.272 e. The van der Waals surface area contributed by atoms with Crippen LogP contribution in [0.15, 0.2) is 89.7 Å². The summed E-state index contributed by atoms with van der Waals surface area (Å²) in [7, 11) is 1.62. The van der Waals surface area contributed by atoms with Gasteiger partial charge in [0.25, 0.3) is 17.4 Å². The first kappa shape index (κ1) is 59.0. The molecular formula is C64H81FN10O8. The number of halogens is 1. The Hall–Kier alpha value is -7.22. The lowest BCUT2D eigenvalue weighted by atomic mass is 9.82. The van der Waals surface area contributed by atoms with E-state index < -0.39 is 17.8 Å². The number of aromatic amines is 1. The number of aromatic nitrogens is 2.